The van der Waals surface area contributed by atoms with Crippen molar-refractivity contribution in [2.75, 3.05) is 9.91 Å². The van der Waals surface area contributed by atoms with Crippen molar-refractivity contribution < 1.29 is 14.5 Å². The van der Waals surface area contributed by atoms with Gasteiger partial charge in [0.25, 0.3) is 11.6 Å². The smallest absolute Gasteiger partial charge is 0.269 e. The minimum absolute atomic E-state index is 0.0602. The van der Waals surface area contributed by atoms with E-state index in [-0.39, 0.29) is 17.5 Å². The van der Waals surface area contributed by atoms with Crippen LogP contribution in [0.2, 0.25) is 0 Å². The summed E-state index contributed by atoms with van der Waals surface area (Å²) in [5, 5.41) is 19.1. The molecule has 0 aliphatic carbocycles. The Balaban J connectivity index is 1.49. The molecule has 6 rings (SSSR count). The minimum atomic E-state index is -0.853. The molecule has 4 aromatic rings. The number of amides is 2. The number of non-ortho nitro benzene ring substituents is 1. The standard InChI is InChI=1S/C27H18N4O4/c32-26-23-24(18-13-15-20(16-14-18)31(34)35)28-30(19-9-2-1-3-10-19)25(23)27(33)29(26)22-12-6-8-17-7-4-5-11-21(17)22/h1-16,23,25H. The number of nitro benzene ring substituents is 1. The van der Waals surface area contributed by atoms with Gasteiger partial charge in [0, 0.05) is 17.5 Å². The molecule has 0 radical (unpaired) electrons. The fourth-order valence-corrected chi connectivity index (χ4v) is 4.84. The highest BCUT2D eigenvalue weighted by molar-refractivity contribution is 6.35. The van der Waals surface area contributed by atoms with Gasteiger partial charge < -0.3 is 0 Å². The maximum atomic E-state index is 13.9. The van der Waals surface area contributed by atoms with Gasteiger partial charge in [-0.05, 0) is 41.3 Å². The van der Waals surface area contributed by atoms with Crippen LogP contribution in [0.3, 0.4) is 0 Å². The third-order valence-electron chi connectivity index (χ3n) is 6.45. The first-order chi connectivity index (χ1) is 17.0. The lowest BCUT2D eigenvalue weighted by molar-refractivity contribution is -0.384. The summed E-state index contributed by atoms with van der Waals surface area (Å²) in [5.41, 5.74) is 2.12. The van der Waals surface area contributed by atoms with Crippen molar-refractivity contribution in [3.63, 3.8) is 0 Å². The summed E-state index contributed by atoms with van der Waals surface area (Å²) in [6.45, 7) is 0. The van der Waals surface area contributed by atoms with E-state index in [1.807, 2.05) is 66.7 Å². The highest BCUT2D eigenvalue weighted by Crippen LogP contribution is 2.41. The van der Waals surface area contributed by atoms with E-state index in [2.05, 4.69) is 0 Å². The van der Waals surface area contributed by atoms with Gasteiger partial charge in [-0.15, -0.1) is 0 Å². The number of anilines is 2. The molecule has 0 N–H and O–H groups in total. The number of imide groups is 1. The zero-order valence-electron chi connectivity index (χ0n) is 18.3. The molecule has 0 saturated carbocycles. The normalized spacial score (nSPS) is 19.3. The van der Waals surface area contributed by atoms with Gasteiger partial charge in [0.1, 0.15) is 12.0 Å². The maximum absolute atomic E-state index is 13.9. The highest BCUT2D eigenvalue weighted by atomic mass is 16.6. The number of hydrogen-bond acceptors (Lipinski definition) is 6. The molecule has 1 fully saturated rings. The summed E-state index contributed by atoms with van der Waals surface area (Å²) >= 11 is 0. The zero-order chi connectivity index (χ0) is 24.1. The fourth-order valence-electron chi connectivity index (χ4n) is 4.84. The number of fused-ring (bicyclic) bond motifs is 2. The van der Waals surface area contributed by atoms with E-state index in [1.165, 1.54) is 17.0 Å². The second-order valence-electron chi connectivity index (χ2n) is 8.40. The molecule has 2 aliphatic rings. The predicted octanol–water partition coefficient (Wildman–Crippen LogP) is 4.53. The molecule has 0 bridgehead atoms. The molecule has 1 saturated heterocycles. The van der Waals surface area contributed by atoms with Crippen LogP contribution >= 0.6 is 0 Å². The summed E-state index contributed by atoms with van der Waals surface area (Å²) in [6, 6.07) is 27.4. The Morgan fingerprint density at radius 3 is 2.20 bits per heavy atom. The van der Waals surface area contributed by atoms with E-state index in [0.29, 0.717) is 22.6 Å². The number of benzene rings is 4. The summed E-state index contributed by atoms with van der Waals surface area (Å²) in [5.74, 6) is -1.57. The number of para-hydroxylation sites is 1. The number of carbonyl (C=O) groups is 2. The van der Waals surface area contributed by atoms with Gasteiger partial charge >= 0.3 is 0 Å². The maximum Gasteiger partial charge on any atom is 0.269 e. The van der Waals surface area contributed by atoms with E-state index in [4.69, 9.17) is 5.10 Å². The molecule has 2 atom stereocenters. The lowest BCUT2D eigenvalue weighted by Gasteiger charge is -2.22. The molecule has 0 spiro atoms. The van der Waals surface area contributed by atoms with Crippen LogP contribution in [0.4, 0.5) is 17.1 Å². The molecule has 2 amide bonds. The Labute approximate surface area is 199 Å². The van der Waals surface area contributed by atoms with Gasteiger partial charge in [0.2, 0.25) is 5.91 Å². The first kappa shape index (κ1) is 20.7. The largest absolute Gasteiger partial charge is 0.273 e. The van der Waals surface area contributed by atoms with Crippen molar-refractivity contribution in [1.29, 1.82) is 0 Å². The van der Waals surface area contributed by atoms with Crippen LogP contribution in [0.1, 0.15) is 5.56 Å². The summed E-state index contributed by atoms with van der Waals surface area (Å²) in [6.07, 6.45) is 0. The van der Waals surface area contributed by atoms with Crippen molar-refractivity contribution in [1.82, 2.24) is 0 Å². The number of hydrogen-bond donors (Lipinski definition) is 0. The minimum Gasteiger partial charge on any atom is -0.273 e. The molecule has 8 nitrogen and oxygen atoms in total. The lowest BCUT2D eigenvalue weighted by atomic mass is 9.92. The molecule has 4 aromatic carbocycles. The van der Waals surface area contributed by atoms with Crippen LogP contribution in [-0.4, -0.2) is 28.5 Å². The molecular weight excluding hydrogens is 444 g/mol. The molecule has 8 heteroatoms. The number of hydrazone groups is 1. The fraction of sp³-hybridized carbons (Fsp3) is 0.0741. The summed E-state index contributed by atoms with van der Waals surface area (Å²) in [7, 11) is 0. The second kappa shape index (κ2) is 7.88. The first-order valence-corrected chi connectivity index (χ1v) is 11.1. The van der Waals surface area contributed by atoms with E-state index >= 15 is 0 Å². The Kier molecular flexibility index (Phi) is 4.67. The zero-order valence-corrected chi connectivity index (χ0v) is 18.3. The SMILES string of the molecule is O=C1C2C(c3ccc([N+](=O)[O-])cc3)=NN(c3ccccc3)C2C(=O)N1c1cccc2ccccc12. The molecule has 35 heavy (non-hydrogen) atoms. The van der Waals surface area contributed by atoms with E-state index in [9.17, 15) is 19.7 Å². The van der Waals surface area contributed by atoms with Gasteiger partial charge in [-0.2, -0.15) is 5.10 Å². The monoisotopic (exact) mass is 462 g/mol. The average Bonchev–Trinajstić information content (AvgIpc) is 3.41. The third kappa shape index (κ3) is 3.18. The molecule has 170 valence electrons. The van der Waals surface area contributed by atoms with Crippen LogP contribution in [0.5, 0.6) is 0 Å². The van der Waals surface area contributed by atoms with E-state index in [0.717, 1.165) is 10.8 Å². The van der Waals surface area contributed by atoms with Gasteiger partial charge in [-0.1, -0.05) is 54.6 Å². The Morgan fingerprint density at radius 1 is 0.771 bits per heavy atom. The summed E-state index contributed by atoms with van der Waals surface area (Å²) in [4.78, 5) is 39.6. The van der Waals surface area contributed by atoms with Gasteiger partial charge in [0.15, 0.2) is 0 Å². The van der Waals surface area contributed by atoms with Crippen LogP contribution in [0.25, 0.3) is 10.8 Å². The Bertz CT molecular complexity index is 1530. The van der Waals surface area contributed by atoms with E-state index in [1.54, 1.807) is 23.2 Å². The first-order valence-electron chi connectivity index (χ1n) is 11.1. The van der Waals surface area contributed by atoms with Crippen molar-refractivity contribution in [3.8, 4) is 0 Å². The number of nitrogens with zero attached hydrogens (tertiary/aromatic N) is 4. The van der Waals surface area contributed by atoms with Gasteiger partial charge in [0.05, 0.1) is 22.0 Å². The molecule has 2 heterocycles. The highest BCUT2D eigenvalue weighted by Gasteiger charge is 2.57. The number of carbonyl (C=O) groups excluding carboxylic acids is 2. The number of rotatable bonds is 4. The molecule has 2 unspecified atom stereocenters. The van der Waals surface area contributed by atoms with Crippen LogP contribution in [-0.2, 0) is 9.59 Å². The van der Waals surface area contributed by atoms with Crippen molar-refractivity contribution in [2.45, 2.75) is 6.04 Å². The Morgan fingerprint density at radius 2 is 1.46 bits per heavy atom. The molecular formula is C27H18N4O4. The Hall–Kier alpha value is -4.85. The van der Waals surface area contributed by atoms with Crippen molar-refractivity contribution in [2.24, 2.45) is 11.0 Å². The van der Waals surface area contributed by atoms with Gasteiger partial charge in [-0.3, -0.25) is 24.7 Å². The summed E-state index contributed by atoms with van der Waals surface area (Å²) < 4.78 is 0. The van der Waals surface area contributed by atoms with Crippen LogP contribution in [0.15, 0.2) is 102 Å². The second-order valence-corrected chi connectivity index (χ2v) is 8.40. The van der Waals surface area contributed by atoms with Gasteiger partial charge in [-0.25, -0.2) is 4.90 Å². The number of nitro groups is 1. The average molecular weight is 462 g/mol. The molecule has 2 aliphatic heterocycles. The van der Waals surface area contributed by atoms with Crippen LogP contribution < -0.4 is 9.91 Å². The van der Waals surface area contributed by atoms with Crippen molar-refractivity contribution >= 4 is 45.4 Å². The van der Waals surface area contributed by atoms with E-state index < -0.39 is 16.9 Å². The van der Waals surface area contributed by atoms with Crippen molar-refractivity contribution in [3.05, 3.63) is 113 Å². The lowest BCUT2D eigenvalue weighted by Crippen LogP contribution is -2.39. The third-order valence-corrected chi connectivity index (χ3v) is 6.45. The topological polar surface area (TPSA) is 96.1 Å². The predicted molar refractivity (Wildman–Crippen MR) is 132 cm³/mol. The molecule has 0 aromatic heterocycles. The quantitative estimate of drug-likeness (QED) is 0.252. The van der Waals surface area contributed by atoms with Crippen LogP contribution in [0, 0.1) is 16.0 Å².